The lowest BCUT2D eigenvalue weighted by Gasteiger charge is -2.34. The maximum Gasteiger partial charge on any atom is 0.434 e. The minimum atomic E-state index is -0.296. The van der Waals surface area contributed by atoms with E-state index in [1.54, 1.807) is 0 Å². The van der Waals surface area contributed by atoms with Crippen LogP contribution in [-0.4, -0.2) is 11.5 Å². The van der Waals surface area contributed by atoms with Crippen LogP contribution in [0.25, 0.3) is 60.9 Å². The number of hydrogen-bond acceptors (Lipinski definition) is 2. The molecule has 2 aliphatic heterocycles. The van der Waals surface area contributed by atoms with Crippen LogP contribution < -0.4 is 20.3 Å². The first kappa shape index (κ1) is 25.3. The summed E-state index contributed by atoms with van der Waals surface area (Å²) in [5.41, 5.74) is 12.3. The fraction of sp³-hybridized carbons (Fsp3) is 0. The molecule has 0 radical (unpaired) electrons. The van der Waals surface area contributed by atoms with Gasteiger partial charge < -0.3 is 14.0 Å². The van der Waals surface area contributed by atoms with E-state index >= 15 is 0 Å². The van der Waals surface area contributed by atoms with Crippen molar-refractivity contribution in [2.24, 2.45) is 0 Å². The predicted octanol–water partition coefficient (Wildman–Crippen LogP) is 9.39. The first-order valence-corrected chi connectivity index (χ1v) is 15.7. The van der Waals surface area contributed by atoms with Crippen molar-refractivity contribution in [1.82, 2.24) is 4.57 Å². The van der Waals surface area contributed by atoms with E-state index in [1.165, 1.54) is 27.5 Å². The lowest BCUT2D eigenvalue weighted by molar-refractivity contribution is 0.478. The summed E-state index contributed by atoms with van der Waals surface area (Å²) in [6.45, 7) is -0.296. The van der Waals surface area contributed by atoms with Gasteiger partial charge in [-0.05, 0) is 64.2 Å². The number of ether oxygens (including phenoxy) is 1. The monoisotopic (exact) mass is 587 g/mol. The third-order valence-corrected chi connectivity index (χ3v) is 9.49. The highest BCUT2D eigenvalue weighted by atomic mass is 16.5. The number of benzene rings is 7. The minimum Gasteiger partial charge on any atom is -0.551 e. The van der Waals surface area contributed by atoms with Gasteiger partial charge in [0, 0.05) is 27.3 Å². The van der Waals surface area contributed by atoms with Crippen molar-refractivity contribution in [3.8, 4) is 56.3 Å². The Balaban J connectivity index is 1.24. The number of hydrogen-bond donors (Lipinski definition) is 0. The second-order valence-electron chi connectivity index (χ2n) is 12.0. The Morgan fingerprint density at radius 3 is 1.85 bits per heavy atom. The minimum absolute atomic E-state index is 0.296. The van der Waals surface area contributed by atoms with Crippen LogP contribution in [0.2, 0.25) is 0 Å². The number of rotatable bonds is 3. The molecule has 0 spiro atoms. The van der Waals surface area contributed by atoms with Crippen molar-refractivity contribution in [1.29, 1.82) is 0 Å². The Labute approximate surface area is 267 Å². The molecular formula is C42H26BNO2. The number of para-hydroxylation sites is 4. The molecule has 0 fully saturated rings. The van der Waals surface area contributed by atoms with Crippen LogP contribution in [0.15, 0.2) is 158 Å². The lowest BCUT2D eigenvalue weighted by atomic mass is 9.50. The zero-order valence-corrected chi connectivity index (χ0v) is 24.9. The molecule has 0 saturated carbocycles. The molecule has 0 aliphatic carbocycles. The Hall–Kier alpha value is -6.00. The molecule has 1 aromatic heterocycles. The van der Waals surface area contributed by atoms with E-state index in [2.05, 4.69) is 156 Å². The van der Waals surface area contributed by atoms with Crippen LogP contribution in [0.5, 0.6) is 17.2 Å². The third-order valence-electron chi connectivity index (χ3n) is 9.49. The fourth-order valence-electron chi connectivity index (χ4n) is 7.49. The fourth-order valence-corrected chi connectivity index (χ4v) is 7.49. The maximum atomic E-state index is 7.10. The van der Waals surface area contributed by atoms with Crippen LogP contribution in [0.4, 0.5) is 0 Å². The summed E-state index contributed by atoms with van der Waals surface area (Å²) in [6, 6.07) is 55.7. The van der Waals surface area contributed by atoms with Gasteiger partial charge in [0.05, 0.1) is 16.7 Å². The van der Waals surface area contributed by atoms with Gasteiger partial charge in [0.1, 0.15) is 17.2 Å². The molecule has 3 nitrogen and oxygen atoms in total. The molecule has 10 rings (SSSR count). The van der Waals surface area contributed by atoms with E-state index in [4.69, 9.17) is 9.39 Å². The van der Waals surface area contributed by atoms with Crippen LogP contribution >= 0.6 is 0 Å². The zero-order chi connectivity index (χ0) is 30.2. The molecule has 0 unspecified atom stereocenters. The summed E-state index contributed by atoms with van der Waals surface area (Å²) in [5, 5.41) is 2.44. The highest BCUT2D eigenvalue weighted by Gasteiger charge is 2.42. The zero-order valence-electron chi connectivity index (χ0n) is 24.9. The summed E-state index contributed by atoms with van der Waals surface area (Å²) in [4.78, 5) is 0. The summed E-state index contributed by atoms with van der Waals surface area (Å²) in [7, 11) is 0. The normalized spacial score (nSPS) is 12.7. The largest absolute Gasteiger partial charge is 0.551 e. The molecule has 0 bridgehead atoms. The van der Waals surface area contributed by atoms with E-state index in [-0.39, 0.29) is 6.92 Å². The summed E-state index contributed by atoms with van der Waals surface area (Å²) in [5.74, 6) is 2.54. The standard InChI is InChI=1S/C42H26BNO2/c1-2-13-27(14-3-1)29-15-4-5-16-30(29)28-25-34-33-19-8-11-24-39(33)46-43-35-20-12-23-38(42(35)45-40(26-28)41(34)43)44-36-21-9-6-17-31(36)32-18-7-10-22-37(32)44/h1-26H. The van der Waals surface area contributed by atoms with E-state index in [0.717, 1.165) is 61.6 Å². The van der Waals surface area contributed by atoms with Gasteiger partial charge in [-0.2, -0.15) is 0 Å². The Morgan fingerprint density at radius 1 is 0.457 bits per heavy atom. The van der Waals surface area contributed by atoms with Gasteiger partial charge in [-0.1, -0.05) is 121 Å². The van der Waals surface area contributed by atoms with E-state index in [1.807, 2.05) is 6.07 Å². The third kappa shape index (κ3) is 3.61. The van der Waals surface area contributed by atoms with E-state index < -0.39 is 0 Å². The van der Waals surface area contributed by atoms with Gasteiger partial charge in [-0.15, -0.1) is 0 Å². The van der Waals surface area contributed by atoms with Crippen LogP contribution in [0.1, 0.15) is 0 Å². The second-order valence-corrected chi connectivity index (χ2v) is 12.0. The second kappa shape index (κ2) is 9.75. The van der Waals surface area contributed by atoms with Crippen molar-refractivity contribution in [3.63, 3.8) is 0 Å². The average Bonchev–Trinajstić information content (AvgIpc) is 3.46. The molecule has 0 atom stereocenters. The van der Waals surface area contributed by atoms with Crippen molar-refractivity contribution >= 4 is 39.6 Å². The molecule has 46 heavy (non-hydrogen) atoms. The molecule has 4 heteroatoms. The van der Waals surface area contributed by atoms with Crippen molar-refractivity contribution in [2.75, 3.05) is 0 Å². The molecule has 0 saturated heterocycles. The van der Waals surface area contributed by atoms with E-state index in [0.29, 0.717) is 0 Å². The number of fused-ring (bicyclic) bond motifs is 7. The number of aromatic nitrogens is 1. The van der Waals surface area contributed by atoms with Crippen LogP contribution in [-0.2, 0) is 0 Å². The Morgan fingerprint density at radius 2 is 1.09 bits per heavy atom. The topological polar surface area (TPSA) is 23.4 Å². The molecule has 7 aromatic carbocycles. The SMILES string of the molecule is c1ccc(-c2ccccc2-c2cc3c4c(c2)-c2ccccc2OB4c2cccc(-n4c5ccccc5c5ccccc54)c2O3)cc1. The van der Waals surface area contributed by atoms with Crippen molar-refractivity contribution < 1.29 is 9.39 Å². The first-order valence-electron chi connectivity index (χ1n) is 15.7. The van der Waals surface area contributed by atoms with Crippen molar-refractivity contribution in [2.45, 2.75) is 0 Å². The van der Waals surface area contributed by atoms with Gasteiger partial charge in [0.2, 0.25) is 0 Å². The molecule has 8 aromatic rings. The predicted molar refractivity (Wildman–Crippen MR) is 189 cm³/mol. The molecule has 0 N–H and O–H groups in total. The quantitative estimate of drug-likeness (QED) is 0.192. The summed E-state index contributed by atoms with van der Waals surface area (Å²) >= 11 is 0. The first-order chi connectivity index (χ1) is 22.8. The van der Waals surface area contributed by atoms with Crippen molar-refractivity contribution in [3.05, 3.63) is 158 Å². The van der Waals surface area contributed by atoms with Crippen LogP contribution in [0, 0.1) is 0 Å². The summed E-state index contributed by atoms with van der Waals surface area (Å²) in [6.07, 6.45) is 0. The lowest BCUT2D eigenvalue weighted by Crippen LogP contribution is -2.53. The Kier molecular flexibility index (Phi) is 5.37. The van der Waals surface area contributed by atoms with Gasteiger partial charge in [-0.25, -0.2) is 0 Å². The molecule has 214 valence electrons. The highest BCUT2D eigenvalue weighted by molar-refractivity contribution is 6.84. The van der Waals surface area contributed by atoms with Gasteiger partial charge >= 0.3 is 6.92 Å². The average molecular weight is 587 g/mol. The number of nitrogens with zero attached hydrogens (tertiary/aromatic N) is 1. The smallest absolute Gasteiger partial charge is 0.434 e. The van der Waals surface area contributed by atoms with Gasteiger partial charge in [-0.3, -0.25) is 0 Å². The molecule has 0 amide bonds. The molecule has 2 aliphatic rings. The van der Waals surface area contributed by atoms with Gasteiger partial charge in [0.15, 0.2) is 0 Å². The highest BCUT2D eigenvalue weighted by Crippen LogP contribution is 2.45. The molecular weight excluding hydrogens is 561 g/mol. The maximum absolute atomic E-state index is 7.10. The van der Waals surface area contributed by atoms with Gasteiger partial charge in [0.25, 0.3) is 0 Å². The molecule has 3 heterocycles. The summed E-state index contributed by atoms with van der Waals surface area (Å²) < 4.78 is 16.3. The van der Waals surface area contributed by atoms with Crippen LogP contribution in [0.3, 0.4) is 0 Å². The van der Waals surface area contributed by atoms with E-state index in [9.17, 15) is 0 Å². The Bertz CT molecular complexity index is 2440.